The minimum absolute atomic E-state index is 0.0585. The molecule has 0 aromatic heterocycles. The lowest BCUT2D eigenvalue weighted by Crippen LogP contribution is -2.30. The largest absolute Gasteiger partial charge is 0.244 e. The number of benzene rings is 2. The summed E-state index contributed by atoms with van der Waals surface area (Å²) in [6.07, 6.45) is 0. The topological polar surface area (TPSA) is 37.4 Å². The van der Waals surface area contributed by atoms with Gasteiger partial charge in [0.2, 0.25) is 10.0 Å². The van der Waals surface area contributed by atoms with Crippen molar-refractivity contribution in [2.75, 3.05) is 7.05 Å². The van der Waals surface area contributed by atoms with E-state index in [1.165, 1.54) is 35.6 Å². The summed E-state index contributed by atoms with van der Waals surface area (Å²) in [4.78, 5) is 0.0585. The molecule has 0 bridgehead atoms. The van der Waals surface area contributed by atoms with Crippen molar-refractivity contribution in [1.29, 1.82) is 0 Å². The first-order chi connectivity index (χ1) is 9.84. The normalized spacial score (nSPS) is 13.4. The van der Waals surface area contributed by atoms with Crippen LogP contribution in [0.3, 0.4) is 0 Å². The van der Waals surface area contributed by atoms with Crippen molar-refractivity contribution >= 4 is 21.6 Å². The summed E-state index contributed by atoms with van der Waals surface area (Å²) in [5.74, 6) is -0.359. The maximum absolute atomic E-state index is 13.0. The Labute approximate surface area is 129 Å². The molecule has 6 heteroatoms. The van der Waals surface area contributed by atoms with E-state index in [1.807, 2.05) is 0 Å². The number of hydrogen-bond donors (Lipinski definition) is 0. The second kappa shape index (κ2) is 6.13. The number of rotatable bonds is 4. The van der Waals surface area contributed by atoms with Crippen LogP contribution in [-0.2, 0) is 10.0 Å². The van der Waals surface area contributed by atoms with Crippen molar-refractivity contribution in [2.45, 2.75) is 17.9 Å². The van der Waals surface area contributed by atoms with Crippen molar-refractivity contribution in [1.82, 2.24) is 4.31 Å². The molecule has 0 saturated heterocycles. The molecule has 0 fully saturated rings. The number of nitrogens with zero attached hydrogens (tertiary/aromatic N) is 1. The maximum atomic E-state index is 13.0. The second-order valence-electron chi connectivity index (χ2n) is 4.68. The molecule has 0 radical (unpaired) electrons. The lowest BCUT2D eigenvalue weighted by Gasteiger charge is -2.25. The van der Waals surface area contributed by atoms with Gasteiger partial charge >= 0.3 is 0 Å². The number of sulfonamides is 1. The van der Waals surface area contributed by atoms with Crippen LogP contribution in [0.1, 0.15) is 18.5 Å². The third kappa shape index (κ3) is 3.26. The Bertz CT molecular complexity index is 732. The van der Waals surface area contributed by atoms with Gasteiger partial charge in [0.1, 0.15) is 10.7 Å². The molecule has 2 rings (SSSR count). The summed E-state index contributed by atoms with van der Waals surface area (Å²) >= 11 is 5.97. The van der Waals surface area contributed by atoms with Gasteiger partial charge in [-0.25, -0.2) is 12.8 Å². The Kier molecular flexibility index (Phi) is 4.66. The first-order valence-electron chi connectivity index (χ1n) is 6.32. The molecule has 0 aliphatic rings. The lowest BCUT2D eigenvalue weighted by atomic mass is 10.1. The number of hydrogen-bond acceptors (Lipinski definition) is 2. The predicted molar refractivity (Wildman–Crippen MR) is 81.2 cm³/mol. The zero-order valence-electron chi connectivity index (χ0n) is 11.6. The van der Waals surface area contributed by atoms with Crippen molar-refractivity contribution in [3.8, 4) is 0 Å². The van der Waals surface area contributed by atoms with E-state index in [-0.39, 0.29) is 15.7 Å². The summed E-state index contributed by atoms with van der Waals surface area (Å²) in [6.45, 7) is 1.74. The summed E-state index contributed by atoms with van der Waals surface area (Å²) in [7, 11) is -2.24. The highest BCUT2D eigenvalue weighted by Gasteiger charge is 2.27. The van der Waals surface area contributed by atoms with E-state index in [4.69, 9.17) is 11.6 Å². The summed E-state index contributed by atoms with van der Waals surface area (Å²) in [6, 6.07) is 11.6. The van der Waals surface area contributed by atoms with Gasteiger partial charge in [-0.2, -0.15) is 4.31 Å². The van der Waals surface area contributed by atoms with Crippen molar-refractivity contribution in [3.63, 3.8) is 0 Å². The molecule has 0 N–H and O–H groups in total. The van der Waals surface area contributed by atoms with Gasteiger partial charge in [0.25, 0.3) is 0 Å². The average Bonchev–Trinajstić information content (AvgIpc) is 2.46. The first kappa shape index (κ1) is 15.9. The van der Waals surface area contributed by atoms with Crippen molar-refractivity contribution < 1.29 is 12.8 Å². The van der Waals surface area contributed by atoms with Crippen molar-refractivity contribution in [3.05, 3.63) is 64.9 Å². The fraction of sp³-hybridized carbons (Fsp3) is 0.200. The fourth-order valence-electron chi connectivity index (χ4n) is 1.97. The molecule has 2 aromatic carbocycles. The smallest absolute Gasteiger partial charge is 0.207 e. The van der Waals surface area contributed by atoms with E-state index in [0.29, 0.717) is 5.56 Å². The molecule has 21 heavy (non-hydrogen) atoms. The molecule has 0 spiro atoms. The monoisotopic (exact) mass is 327 g/mol. The van der Waals surface area contributed by atoms with Crippen LogP contribution in [0.5, 0.6) is 0 Å². The fourth-order valence-corrected chi connectivity index (χ4v) is 3.81. The molecule has 112 valence electrons. The predicted octanol–water partition coefficient (Wildman–Crippen LogP) is 3.86. The molecular weight excluding hydrogens is 313 g/mol. The van der Waals surface area contributed by atoms with Gasteiger partial charge in [-0.15, -0.1) is 0 Å². The molecule has 2 aromatic rings. The van der Waals surface area contributed by atoms with Gasteiger partial charge in [0.05, 0.1) is 5.02 Å². The van der Waals surface area contributed by atoms with Gasteiger partial charge < -0.3 is 0 Å². The Morgan fingerprint density at radius 2 is 1.67 bits per heavy atom. The third-order valence-corrected chi connectivity index (χ3v) is 5.82. The van der Waals surface area contributed by atoms with Crippen LogP contribution in [0.15, 0.2) is 53.4 Å². The molecule has 0 saturated carbocycles. The second-order valence-corrected chi connectivity index (χ2v) is 7.05. The van der Waals surface area contributed by atoms with E-state index in [2.05, 4.69) is 0 Å². The molecule has 0 aliphatic heterocycles. The van der Waals surface area contributed by atoms with Crippen LogP contribution in [0.4, 0.5) is 4.39 Å². The van der Waals surface area contributed by atoms with Gasteiger partial charge in [0, 0.05) is 13.1 Å². The highest BCUT2D eigenvalue weighted by molar-refractivity contribution is 7.89. The van der Waals surface area contributed by atoms with Crippen LogP contribution >= 0.6 is 11.6 Å². The highest BCUT2D eigenvalue weighted by Crippen LogP contribution is 2.29. The first-order valence-corrected chi connectivity index (χ1v) is 8.14. The summed E-state index contributed by atoms with van der Waals surface area (Å²) in [5, 5.41) is 0.177. The molecule has 0 heterocycles. The van der Waals surface area contributed by atoms with Gasteiger partial charge in [-0.1, -0.05) is 35.9 Å². The van der Waals surface area contributed by atoms with Crippen molar-refractivity contribution in [2.24, 2.45) is 0 Å². The van der Waals surface area contributed by atoms with Crippen LogP contribution in [0.25, 0.3) is 0 Å². The van der Waals surface area contributed by atoms with Gasteiger partial charge in [-0.3, -0.25) is 0 Å². The Hall–Kier alpha value is -1.43. The van der Waals surface area contributed by atoms with E-state index in [9.17, 15) is 12.8 Å². The van der Waals surface area contributed by atoms with E-state index >= 15 is 0 Å². The summed E-state index contributed by atoms with van der Waals surface area (Å²) < 4.78 is 39.4. The van der Waals surface area contributed by atoms with Crippen LogP contribution < -0.4 is 0 Å². The maximum Gasteiger partial charge on any atom is 0.244 e. The summed E-state index contributed by atoms with van der Waals surface area (Å²) in [5.41, 5.74) is 0.703. The van der Waals surface area contributed by atoms with E-state index in [0.717, 1.165) is 0 Å². The SMILES string of the molecule is CC(c1ccc(F)cc1)N(C)S(=O)(=O)c1ccccc1Cl. The Morgan fingerprint density at radius 1 is 1.10 bits per heavy atom. The number of halogens is 2. The van der Waals surface area contributed by atoms with Crippen LogP contribution in [-0.4, -0.2) is 19.8 Å². The Balaban J connectivity index is 2.36. The van der Waals surface area contributed by atoms with Crippen LogP contribution in [0, 0.1) is 5.82 Å². The zero-order chi connectivity index (χ0) is 15.6. The molecule has 3 nitrogen and oxygen atoms in total. The molecule has 0 aliphatic carbocycles. The van der Waals surface area contributed by atoms with Gasteiger partial charge in [0.15, 0.2) is 0 Å². The highest BCUT2D eigenvalue weighted by atomic mass is 35.5. The quantitative estimate of drug-likeness (QED) is 0.855. The zero-order valence-corrected chi connectivity index (χ0v) is 13.2. The van der Waals surface area contributed by atoms with E-state index < -0.39 is 16.1 Å². The lowest BCUT2D eigenvalue weighted by molar-refractivity contribution is 0.398. The molecular formula is C15H15ClFNO2S. The molecule has 1 atom stereocenters. The standard InChI is InChI=1S/C15H15ClFNO2S/c1-11(12-7-9-13(17)10-8-12)18(2)21(19,20)15-6-4-3-5-14(15)16/h3-11H,1-2H3. The van der Waals surface area contributed by atoms with Crippen LogP contribution in [0.2, 0.25) is 5.02 Å². The molecule has 1 unspecified atom stereocenters. The minimum Gasteiger partial charge on any atom is -0.207 e. The van der Waals surface area contributed by atoms with Gasteiger partial charge in [-0.05, 0) is 36.8 Å². The molecule has 0 amide bonds. The average molecular weight is 328 g/mol. The minimum atomic E-state index is -3.72. The third-order valence-electron chi connectivity index (χ3n) is 3.39. The van der Waals surface area contributed by atoms with E-state index in [1.54, 1.807) is 31.2 Å². The Morgan fingerprint density at radius 3 is 2.24 bits per heavy atom.